The van der Waals surface area contributed by atoms with Crippen molar-refractivity contribution in [2.75, 3.05) is 0 Å². The number of halogens is 1. The summed E-state index contributed by atoms with van der Waals surface area (Å²) in [6.45, 7) is 4.29. The Labute approximate surface area is 132 Å². The first kappa shape index (κ1) is 15.1. The molecule has 0 radical (unpaired) electrons. The highest BCUT2D eigenvalue weighted by Crippen LogP contribution is 2.67. The van der Waals surface area contributed by atoms with Crippen LogP contribution in [0.5, 0.6) is 0 Å². The molecule has 124 valence electrons. The van der Waals surface area contributed by atoms with Gasteiger partial charge in [0, 0.05) is 11.8 Å². The van der Waals surface area contributed by atoms with Gasteiger partial charge in [0.25, 0.3) is 0 Å². The molecule has 0 aromatic rings. The quantitative estimate of drug-likeness (QED) is 0.665. The van der Waals surface area contributed by atoms with Crippen molar-refractivity contribution in [3.63, 3.8) is 0 Å². The van der Waals surface area contributed by atoms with Gasteiger partial charge in [0.1, 0.15) is 0 Å². The van der Waals surface area contributed by atoms with Crippen molar-refractivity contribution >= 4 is 0 Å². The Morgan fingerprint density at radius 2 is 1.86 bits per heavy atom. The van der Waals surface area contributed by atoms with Gasteiger partial charge in [0.2, 0.25) is 5.85 Å². The molecule has 4 rings (SSSR count). The average molecular weight is 308 g/mol. The first-order chi connectivity index (χ1) is 10.3. The number of hydrogen-bond acceptors (Lipinski definition) is 2. The van der Waals surface area contributed by atoms with Gasteiger partial charge in [-0.2, -0.15) is 0 Å². The number of aliphatic hydroxyl groups excluding tert-OH is 1. The molecular weight excluding hydrogens is 279 g/mol. The van der Waals surface area contributed by atoms with Gasteiger partial charge in [-0.1, -0.05) is 25.5 Å². The first-order valence-electron chi connectivity index (χ1n) is 9.08. The van der Waals surface area contributed by atoms with Gasteiger partial charge in [-0.15, -0.1) is 0 Å². The predicted molar refractivity (Wildman–Crippen MR) is 83.8 cm³/mol. The van der Waals surface area contributed by atoms with Crippen LogP contribution in [0, 0.1) is 28.6 Å². The van der Waals surface area contributed by atoms with Crippen molar-refractivity contribution in [2.45, 2.75) is 77.2 Å². The summed E-state index contributed by atoms with van der Waals surface area (Å²) in [6.07, 6.45) is 8.98. The molecule has 0 bridgehead atoms. The summed E-state index contributed by atoms with van der Waals surface area (Å²) in [7, 11) is 0. The van der Waals surface area contributed by atoms with Crippen LogP contribution < -0.4 is 0 Å². The standard InChI is InChI=1S/C19H29FO2/c1-17-8-4-3-5-12(17)11-15(21)16-13(17)6-9-18(2)14(16)7-10-19(18,20)22/h5,13-16,21-22H,3-4,6-11H2,1-2H3/t13-,14+,15?,16-,17+,18+,19?/m1/s1. The lowest BCUT2D eigenvalue weighted by Gasteiger charge is -2.59. The monoisotopic (exact) mass is 308 g/mol. The number of hydrogen-bond donors (Lipinski definition) is 2. The molecule has 3 fully saturated rings. The lowest BCUT2D eigenvalue weighted by atomic mass is 9.46. The van der Waals surface area contributed by atoms with Crippen molar-refractivity contribution in [3.8, 4) is 0 Å². The molecule has 0 saturated heterocycles. The molecule has 0 spiro atoms. The second-order valence-corrected chi connectivity index (χ2v) is 8.86. The van der Waals surface area contributed by atoms with E-state index >= 15 is 0 Å². The van der Waals surface area contributed by atoms with Gasteiger partial charge in [0.15, 0.2) is 0 Å². The largest absolute Gasteiger partial charge is 0.392 e. The van der Waals surface area contributed by atoms with Crippen molar-refractivity contribution in [3.05, 3.63) is 11.6 Å². The van der Waals surface area contributed by atoms with Gasteiger partial charge < -0.3 is 10.2 Å². The molecule has 0 amide bonds. The minimum absolute atomic E-state index is 0.122. The zero-order valence-corrected chi connectivity index (χ0v) is 13.8. The number of alkyl halides is 1. The molecule has 0 aromatic carbocycles. The molecule has 4 aliphatic rings. The van der Waals surface area contributed by atoms with Gasteiger partial charge in [0.05, 0.1) is 6.10 Å². The molecule has 0 aromatic heterocycles. The fraction of sp³-hybridized carbons (Fsp3) is 0.895. The van der Waals surface area contributed by atoms with Crippen LogP contribution in [0.25, 0.3) is 0 Å². The molecule has 2 N–H and O–H groups in total. The number of allylic oxidation sites excluding steroid dienone is 1. The van der Waals surface area contributed by atoms with Crippen LogP contribution in [0.15, 0.2) is 11.6 Å². The summed E-state index contributed by atoms with van der Waals surface area (Å²) in [5, 5.41) is 21.1. The van der Waals surface area contributed by atoms with Gasteiger partial charge in [-0.05, 0) is 68.1 Å². The van der Waals surface area contributed by atoms with E-state index in [2.05, 4.69) is 13.0 Å². The van der Waals surface area contributed by atoms with Crippen LogP contribution >= 0.6 is 0 Å². The van der Waals surface area contributed by atoms with Crippen LogP contribution in [-0.2, 0) is 0 Å². The maximum atomic E-state index is 14.7. The normalized spacial score (nSPS) is 57.6. The zero-order valence-electron chi connectivity index (χ0n) is 13.8. The SMILES string of the molecule is C[C@]12CCCC=C1CC(O)[C@@H]1[C@H]2CC[C@@]2(C)[C@H]1CCC2(O)F. The highest BCUT2D eigenvalue weighted by atomic mass is 19.2. The van der Waals surface area contributed by atoms with E-state index in [-0.39, 0.29) is 29.8 Å². The molecular formula is C19H29FO2. The van der Waals surface area contributed by atoms with E-state index in [1.807, 2.05) is 6.92 Å². The van der Waals surface area contributed by atoms with E-state index in [0.717, 1.165) is 32.1 Å². The fourth-order valence-corrected chi connectivity index (χ4v) is 6.68. The summed E-state index contributed by atoms with van der Waals surface area (Å²) >= 11 is 0. The molecule has 0 heterocycles. The van der Waals surface area contributed by atoms with Gasteiger partial charge in [-0.25, -0.2) is 4.39 Å². The van der Waals surface area contributed by atoms with E-state index in [9.17, 15) is 14.6 Å². The molecule has 3 saturated carbocycles. The summed E-state index contributed by atoms with van der Waals surface area (Å²) in [5.74, 6) is -1.32. The summed E-state index contributed by atoms with van der Waals surface area (Å²) in [4.78, 5) is 0. The molecule has 7 atom stereocenters. The topological polar surface area (TPSA) is 40.5 Å². The summed E-state index contributed by atoms with van der Waals surface area (Å²) in [6, 6.07) is 0. The van der Waals surface area contributed by atoms with E-state index < -0.39 is 11.3 Å². The smallest absolute Gasteiger partial charge is 0.212 e. The van der Waals surface area contributed by atoms with Crippen LogP contribution in [0.3, 0.4) is 0 Å². The molecule has 22 heavy (non-hydrogen) atoms. The zero-order chi connectivity index (χ0) is 15.8. The Morgan fingerprint density at radius 1 is 1.14 bits per heavy atom. The van der Waals surface area contributed by atoms with Crippen LogP contribution in [0.2, 0.25) is 0 Å². The molecule has 0 aliphatic heterocycles. The highest BCUT2D eigenvalue weighted by Gasteiger charge is 2.66. The summed E-state index contributed by atoms with van der Waals surface area (Å²) in [5.41, 5.74) is 0.978. The number of fused-ring (bicyclic) bond motifs is 5. The van der Waals surface area contributed by atoms with Crippen molar-refractivity contribution < 1.29 is 14.6 Å². The Kier molecular flexibility index (Phi) is 3.14. The average Bonchev–Trinajstić information content (AvgIpc) is 2.70. The Balaban J connectivity index is 1.74. The predicted octanol–water partition coefficient (Wildman–Crippen LogP) is 3.97. The minimum Gasteiger partial charge on any atom is -0.392 e. The lowest BCUT2D eigenvalue weighted by molar-refractivity contribution is -0.208. The fourth-order valence-electron chi connectivity index (χ4n) is 6.68. The first-order valence-corrected chi connectivity index (χ1v) is 9.08. The lowest BCUT2D eigenvalue weighted by Crippen LogP contribution is -2.57. The van der Waals surface area contributed by atoms with Gasteiger partial charge in [-0.3, -0.25) is 0 Å². The van der Waals surface area contributed by atoms with E-state index in [1.165, 1.54) is 18.4 Å². The van der Waals surface area contributed by atoms with Crippen LogP contribution in [0.1, 0.15) is 65.2 Å². The molecule has 2 unspecified atom stereocenters. The number of aliphatic hydroxyl groups is 2. The van der Waals surface area contributed by atoms with Crippen LogP contribution in [0.4, 0.5) is 4.39 Å². The third-order valence-corrected chi connectivity index (χ3v) is 8.10. The molecule has 2 nitrogen and oxygen atoms in total. The minimum atomic E-state index is -2.05. The summed E-state index contributed by atoms with van der Waals surface area (Å²) < 4.78 is 14.7. The van der Waals surface area contributed by atoms with Crippen molar-refractivity contribution in [1.29, 1.82) is 0 Å². The Morgan fingerprint density at radius 3 is 2.64 bits per heavy atom. The Hall–Kier alpha value is -0.410. The maximum absolute atomic E-state index is 14.7. The second kappa shape index (κ2) is 4.57. The van der Waals surface area contributed by atoms with Crippen molar-refractivity contribution in [1.82, 2.24) is 0 Å². The van der Waals surface area contributed by atoms with Crippen LogP contribution in [-0.4, -0.2) is 22.2 Å². The third kappa shape index (κ3) is 1.73. The molecule has 3 heteroatoms. The second-order valence-electron chi connectivity index (χ2n) is 8.86. The van der Waals surface area contributed by atoms with E-state index in [4.69, 9.17) is 0 Å². The van der Waals surface area contributed by atoms with E-state index in [1.54, 1.807) is 0 Å². The third-order valence-electron chi connectivity index (χ3n) is 8.10. The van der Waals surface area contributed by atoms with Gasteiger partial charge >= 0.3 is 0 Å². The van der Waals surface area contributed by atoms with Crippen molar-refractivity contribution in [2.24, 2.45) is 28.6 Å². The maximum Gasteiger partial charge on any atom is 0.212 e. The highest BCUT2D eigenvalue weighted by molar-refractivity contribution is 5.26. The number of rotatable bonds is 0. The Bertz CT molecular complexity index is 514. The molecule has 4 aliphatic carbocycles. The van der Waals surface area contributed by atoms with E-state index in [0.29, 0.717) is 5.92 Å².